The molecule has 0 heterocycles. The van der Waals surface area contributed by atoms with Crippen molar-refractivity contribution in [2.24, 2.45) is 17.8 Å². The van der Waals surface area contributed by atoms with E-state index in [1.807, 2.05) is 11.1 Å². The Kier molecular flexibility index (Phi) is 1.18. The zero-order valence-electron chi connectivity index (χ0n) is 7.93. The molecule has 1 saturated carbocycles. The summed E-state index contributed by atoms with van der Waals surface area (Å²) in [5.41, 5.74) is 5.45. The van der Waals surface area contributed by atoms with Crippen LogP contribution in [-0.2, 0) is 0 Å². The Bertz CT molecular complexity index is 293. The highest BCUT2D eigenvalue weighted by Gasteiger charge is 2.48. The third-order valence-corrected chi connectivity index (χ3v) is 4.12. The van der Waals surface area contributed by atoms with Crippen LogP contribution in [0, 0.1) is 17.8 Å². The van der Waals surface area contributed by atoms with Crippen LogP contribution in [0.4, 0.5) is 0 Å². The minimum atomic E-state index is 0.902. The SMILES string of the molecule is CC=C1CC2CC1C1=C2CC1C. The van der Waals surface area contributed by atoms with Gasteiger partial charge in [0.05, 0.1) is 0 Å². The standard InChI is InChI=1S/C12H16/c1-3-8-5-9-6-11(8)12-7(2)4-10(9)12/h3,7,9,11H,4-6H2,1-2H3. The van der Waals surface area contributed by atoms with Crippen LogP contribution >= 0.6 is 0 Å². The Labute approximate surface area is 74.4 Å². The van der Waals surface area contributed by atoms with Crippen LogP contribution in [0.5, 0.6) is 0 Å². The second kappa shape index (κ2) is 2.04. The molecule has 0 N–H and O–H groups in total. The van der Waals surface area contributed by atoms with Crippen LogP contribution in [0.15, 0.2) is 22.8 Å². The van der Waals surface area contributed by atoms with Crippen molar-refractivity contribution in [1.82, 2.24) is 0 Å². The maximum absolute atomic E-state index is 2.40. The fraction of sp³-hybridized carbons (Fsp3) is 0.667. The van der Waals surface area contributed by atoms with Crippen molar-refractivity contribution in [2.75, 3.05) is 0 Å². The Morgan fingerprint density at radius 1 is 1.33 bits per heavy atom. The molecule has 0 saturated heterocycles. The van der Waals surface area contributed by atoms with E-state index < -0.39 is 0 Å². The van der Waals surface area contributed by atoms with Crippen LogP contribution in [0.2, 0.25) is 0 Å². The molecule has 2 bridgehead atoms. The fourth-order valence-electron chi connectivity index (χ4n) is 3.57. The second-order valence-electron chi connectivity index (χ2n) is 4.64. The molecule has 0 aromatic rings. The summed E-state index contributed by atoms with van der Waals surface area (Å²) < 4.78 is 0. The molecule has 3 unspecified atom stereocenters. The molecule has 1 fully saturated rings. The third-order valence-electron chi connectivity index (χ3n) is 4.12. The second-order valence-corrected chi connectivity index (χ2v) is 4.64. The average molecular weight is 160 g/mol. The fourth-order valence-corrected chi connectivity index (χ4v) is 3.57. The first-order valence-corrected chi connectivity index (χ1v) is 5.19. The van der Waals surface area contributed by atoms with Gasteiger partial charge in [0.15, 0.2) is 0 Å². The lowest BCUT2D eigenvalue weighted by molar-refractivity contribution is 0.503. The minimum Gasteiger partial charge on any atom is -0.0878 e. The van der Waals surface area contributed by atoms with Crippen molar-refractivity contribution in [2.45, 2.75) is 33.1 Å². The van der Waals surface area contributed by atoms with Gasteiger partial charge in [0.25, 0.3) is 0 Å². The molecule has 3 aliphatic rings. The first-order valence-electron chi connectivity index (χ1n) is 5.19. The molecule has 0 aromatic heterocycles. The number of fused-ring (bicyclic) bond motifs is 4. The van der Waals surface area contributed by atoms with E-state index in [-0.39, 0.29) is 0 Å². The molecule has 0 nitrogen and oxygen atoms in total. The maximum atomic E-state index is 2.40. The molecule has 0 spiro atoms. The molecule has 0 heteroatoms. The summed E-state index contributed by atoms with van der Waals surface area (Å²) >= 11 is 0. The van der Waals surface area contributed by atoms with Gasteiger partial charge < -0.3 is 0 Å². The Balaban J connectivity index is 2.04. The van der Waals surface area contributed by atoms with E-state index in [4.69, 9.17) is 0 Å². The van der Waals surface area contributed by atoms with Gasteiger partial charge in [0.1, 0.15) is 0 Å². The number of rotatable bonds is 0. The predicted octanol–water partition coefficient (Wildman–Crippen LogP) is 3.31. The van der Waals surface area contributed by atoms with Crippen LogP contribution in [0.25, 0.3) is 0 Å². The van der Waals surface area contributed by atoms with Gasteiger partial charge in [-0.15, -0.1) is 0 Å². The Hall–Kier alpha value is -0.520. The molecule has 0 aliphatic heterocycles. The lowest BCUT2D eigenvalue weighted by atomic mass is 9.70. The molecule has 3 atom stereocenters. The number of hydrogen-bond donors (Lipinski definition) is 0. The van der Waals surface area contributed by atoms with Gasteiger partial charge >= 0.3 is 0 Å². The molecule has 0 amide bonds. The summed E-state index contributed by atoms with van der Waals surface area (Å²) in [5, 5.41) is 0. The lowest BCUT2D eigenvalue weighted by Crippen LogP contribution is -2.22. The summed E-state index contributed by atoms with van der Waals surface area (Å²) in [6, 6.07) is 0. The first kappa shape index (κ1) is 6.94. The summed E-state index contributed by atoms with van der Waals surface area (Å²) in [6.45, 7) is 4.60. The molecule has 64 valence electrons. The highest BCUT2D eigenvalue weighted by molar-refractivity contribution is 5.46. The van der Waals surface area contributed by atoms with Crippen molar-refractivity contribution < 1.29 is 0 Å². The molecule has 0 aromatic carbocycles. The number of hydrogen-bond acceptors (Lipinski definition) is 0. The highest BCUT2D eigenvalue weighted by atomic mass is 14.5. The van der Waals surface area contributed by atoms with E-state index >= 15 is 0 Å². The zero-order valence-corrected chi connectivity index (χ0v) is 7.93. The van der Waals surface area contributed by atoms with Crippen LogP contribution in [-0.4, -0.2) is 0 Å². The van der Waals surface area contributed by atoms with Gasteiger partial charge in [-0.3, -0.25) is 0 Å². The molecule has 0 radical (unpaired) electrons. The minimum absolute atomic E-state index is 0.902. The molecule has 3 rings (SSSR count). The van der Waals surface area contributed by atoms with E-state index in [0.29, 0.717) is 0 Å². The summed E-state index contributed by atoms with van der Waals surface area (Å²) in [5.74, 6) is 2.80. The van der Waals surface area contributed by atoms with E-state index in [0.717, 1.165) is 17.8 Å². The van der Waals surface area contributed by atoms with Gasteiger partial charge in [-0.05, 0) is 38.0 Å². The van der Waals surface area contributed by atoms with Crippen LogP contribution in [0.1, 0.15) is 33.1 Å². The van der Waals surface area contributed by atoms with Crippen LogP contribution in [0.3, 0.4) is 0 Å². The van der Waals surface area contributed by atoms with Crippen molar-refractivity contribution >= 4 is 0 Å². The third kappa shape index (κ3) is 0.608. The lowest BCUT2D eigenvalue weighted by Gasteiger charge is -2.35. The van der Waals surface area contributed by atoms with E-state index in [1.54, 1.807) is 5.57 Å². The summed E-state index contributed by atoms with van der Waals surface area (Å²) in [4.78, 5) is 0. The molecule has 3 aliphatic carbocycles. The topological polar surface area (TPSA) is 0 Å². The quantitative estimate of drug-likeness (QED) is 0.477. The van der Waals surface area contributed by atoms with Gasteiger partial charge in [-0.1, -0.05) is 29.7 Å². The van der Waals surface area contributed by atoms with E-state index in [9.17, 15) is 0 Å². The van der Waals surface area contributed by atoms with E-state index in [1.165, 1.54) is 19.3 Å². The predicted molar refractivity (Wildman–Crippen MR) is 50.8 cm³/mol. The molecular weight excluding hydrogens is 144 g/mol. The van der Waals surface area contributed by atoms with Crippen molar-refractivity contribution in [3.63, 3.8) is 0 Å². The molecular formula is C12H16. The normalized spacial score (nSPS) is 46.8. The first-order chi connectivity index (χ1) is 5.81. The highest BCUT2D eigenvalue weighted by Crippen LogP contribution is 2.60. The Morgan fingerprint density at radius 3 is 2.83 bits per heavy atom. The maximum Gasteiger partial charge on any atom is 0.00184 e. The number of allylic oxidation sites excluding steroid dienone is 4. The van der Waals surface area contributed by atoms with Gasteiger partial charge in [-0.2, -0.15) is 0 Å². The monoisotopic (exact) mass is 160 g/mol. The largest absolute Gasteiger partial charge is 0.0878 e. The van der Waals surface area contributed by atoms with Gasteiger partial charge in [-0.25, -0.2) is 0 Å². The van der Waals surface area contributed by atoms with Crippen molar-refractivity contribution in [1.29, 1.82) is 0 Å². The van der Waals surface area contributed by atoms with Gasteiger partial charge in [0, 0.05) is 5.92 Å². The average Bonchev–Trinajstić information content (AvgIpc) is 2.54. The zero-order chi connectivity index (χ0) is 8.29. The van der Waals surface area contributed by atoms with Gasteiger partial charge in [0.2, 0.25) is 0 Å². The molecule has 12 heavy (non-hydrogen) atoms. The summed E-state index contributed by atoms with van der Waals surface area (Å²) in [6.07, 6.45) is 6.65. The smallest absolute Gasteiger partial charge is 0.00184 e. The van der Waals surface area contributed by atoms with Crippen molar-refractivity contribution in [3.8, 4) is 0 Å². The van der Waals surface area contributed by atoms with E-state index in [2.05, 4.69) is 19.9 Å². The van der Waals surface area contributed by atoms with Crippen molar-refractivity contribution in [3.05, 3.63) is 22.8 Å². The summed E-state index contributed by atoms with van der Waals surface area (Å²) in [7, 11) is 0. The van der Waals surface area contributed by atoms with Crippen LogP contribution < -0.4 is 0 Å². The Morgan fingerprint density at radius 2 is 2.17 bits per heavy atom.